The third kappa shape index (κ3) is 4.70. The second-order valence-corrected chi connectivity index (χ2v) is 8.07. The molecule has 1 fully saturated rings. The van der Waals surface area contributed by atoms with Gasteiger partial charge in [0.1, 0.15) is 0 Å². The summed E-state index contributed by atoms with van der Waals surface area (Å²) in [6.45, 7) is 6.94. The molecule has 1 saturated heterocycles. The molecule has 1 rings (SSSR count). The lowest BCUT2D eigenvalue weighted by Crippen LogP contribution is -2.45. The SMILES string of the molecule is CCCNCC(C)S(=O)(=O)N(C)CC1CCCN1C. The zero-order valence-corrected chi connectivity index (χ0v) is 13.5. The predicted molar refractivity (Wildman–Crippen MR) is 79.8 cm³/mol. The van der Waals surface area contributed by atoms with E-state index in [0.717, 1.165) is 25.9 Å². The van der Waals surface area contributed by atoms with E-state index in [9.17, 15) is 8.42 Å². The Morgan fingerprint density at radius 1 is 1.47 bits per heavy atom. The van der Waals surface area contributed by atoms with E-state index in [-0.39, 0.29) is 5.25 Å². The highest BCUT2D eigenvalue weighted by molar-refractivity contribution is 7.89. The van der Waals surface area contributed by atoms with Gasteiger partial charge in [0, 0.05) is 26.2 Å². The first-order valence-corrected chi connectivity index (χ1v) is 8.76. The first-order chi connectivity index (χ1) is 8.89. The fourth-order valence-corrected chi connectivity index (χ4v) is 3.83. The molecule has 1 heterocycles. The molecule has 1 N–H and O–H groups in total. The number of rotatable bonds is 8. The first-order valence-electron chi connectivity index (χ1n) is 7.25. The Morgan fingerprint density at radius 3 is 2.68 bits per heavy atom. The summed E-state index contributed by atoms with van der Waals surface area (Å²) in [4.78, 5) is 2.26. The Bertz CT molecular complexity index is 359. The molecule has 2 unspecified atom stereocenters. The molecule has 0 aromatic heterocycles. The molecule has 0 aliphatic carbocycles. The molecule has 19 heavy (non-hydrogen) atoms. The van der Waals surface area contributed by atoms with Gasteiger partial charge in [0.15, 0.2) is 0 Å². The molecule has 5 nitrogen and oxygen atoms in total. The van der Waals surface area contributed by atoms with Crippen molar-refractivity contribution >= 4 is 10.0 Å². The minimum absolute atomic E-state index is 0.365. The topological polar surface area (TPSA) is 52.7 Å². The van der Waals surface area contributed by atoms with Crippen LogP contribution in [0.3, 0.4) is 0 Å². The van der Waals surface area contributed by atoms with Crippen LogP contribution < -0.4 is 5.32 Å². The van der Waals surface area contributed by atoms with Gasteiger partial charge in [0.05, 0.1) is 5.25 Å². The Kier molecular flexibility index (Phi) is 6.73. The number of hydrogen-bond donors (Lipinski definition) is 1. The molecule has 0 radical (unpaired) electrons. The Labute approximate surface area is 118 Å². The first kappa shape index (κ1) is 16.9. The quantitative estimate of drug-likeness (QED) is 0.670. The summed E-state index contributed by atoms with van der Waals surface area (Å²) in [6.07, 6.45) is 3.29. The third-order valence-corrected chi connectivity index (χ3v) is 6.14. The van der Waals surface area contributed by atoms with Crippen LogP contribution in [0.25, 0.3) is 0 Å². The van der Waals surface area contributed by atoms with Crippen LogP contribution in [-0.4, -0.2) is 69.2 Å². The van der Waals surface area contributed by atoms with Crippen molar-refractivity contribution in [1.82, 2.24) is 14.5 Å². The van der Waals surface area contributed by atoms with Crippen LogP contribution in [0.15, 0.2) is 0 Å². The van der Waals surface area contributed by atoms with Crippen molar-refractivity contribution < 1.29 is 8.42 Å². The molecule has 114 valence electrons. The molecule has 0 aromatic rings. The number of hydrogen-bond acceptors (Lipinski definition) is 4. The summed E-state index contributed by atoms with van der Waals surface area (Å²) < 4.78 is 26.3. The maximum atomic E-state index is 12.4. The molecule has 0 bridgehead atoms. The lowest BCUT2D eigenvalue weighted by molar-refractivity contribution is 0.270. The van der Waals surface area contributed by atoms with Crippen molar-refractivity contribution in [3.8, 4) is 0 Å². The highest BCUT2D eigenvalue weighted by Crippen LogP contribution is 2.17. The largest absolute Gasteiger partial charge is 0.315 e. The molecule has 0 amide bonds. The zero-order chi connectivity index (χ0) is 14.5. The maximum absolute atomic E-state index is 12.4. The van der Waals surface area contributed by atoms with Crippen molar-refractivity contribution in [3.63, 3.8) is 0 Å². The second kappa shape index (κ2) is 7.57. The number of likely N-dealkylation sites (N-methyl/N-ethyl adjacent to an activating group) is 2. The van der Waals surface area contributed by atoms with Crippen LogP contribution in [-0.2, 0) is 10.0 Å². The van der Waals surface area contributed by atoms with Crippen molar-refractivity contribution in [2.75, 3.05) is 40.3 Å². The van der Waals surface area contributed by atoms with Gasteiger partial charge in [0.25, 0.3) is 0 Å². The zero-order valence-electron chi connectivity index (χ0n) is 12.7. The summed E-state index contributed by atoms with van der Waals surface area (Å²) in [6, 6.07) is 0.371. The van der Waals surface area contributed by atoms with Gasteiger partial charge in [-0.1, -0.05) is 6.92 Å². The van der Waals surface area contributed by atoms with Crippen molar-refractivity contribution in [1.29, 1.82) is 0 Å². The predicted octanol–water partition coefficient (Wildman–Crippen LogP) is 0.730. The van der Waals surface area contributed by atoms with Gasteiger partial charge in [-0.2, -0.15) is 0 Å². The van der Waals surface area contributed by atoms with E-state index < -0.39 is 10.0 Å². The van der Waals surface area contributed by atoms with Gasteiger partial charge in [0.2, 0.25) is 10.0 Å². The minimum atomic E-state index is -3.19. The third-order valence-electron chi connectivity index (χ3n) is 3.94. The number of nitrogens with one attached hydrogen (secondary N) is 1. The maximum Gasteiger partial charge on any atom is 0.217 e. The van der Waals surface area contributed by atoms with Gasteiger partial charge in [-0.3, -0.25) is 0 Å². The summed E-state index contributed by atoms with van der Waals surface area (Å²) in [5, 5.41) is 2.82. The summed E-state index contributed by atoms with van der Waals surface area (Å²) in [5.41, 5.74) is 0. The van der Waals surface area contributed by atoms with E-state index in [0.29, 0.717) is 19.1 Å². The average Bonchev–Trinajstić information content (AvgIpc) is 2.75. The van der Waals surface area contributed by atoms with E-state index in [1.54, 1.807) is 14.0 Å². The van der Waals surface area contributed by atoms with Gasteiger partial charge in [-0.25, -0.2) is 12.7 Å². The fourth-order valence-electron chi connectivity index (χ4n) is 2.51. The van der Waals surface area contributed by atoms with Gasteiger partial charge in [-0.15, -0.1) is 0 Å². The van der Waals surface area contributed by atoms with Crippen LogP contribution in [0.1, 0.15) is 33.1 Å². The van der Waals surface area contributed by atoms with E-state index in [1.807, 2.05) is 0 Å². The van der Waals surface area contributed by atoms with Gasteiger partial charge < -0.3 is 10.2 Å². The van der Waals surface area contributed by atoms with E-state index >= 15 is 0 Å². The molecular weight excluding hydrogens is 262 g/mol. The molecule has 1 aliphatic heterocycles. The van der Waals surface area contributed by atoms with E-state index in [2.05, 4.69) is 24.2 Å². The van der Waals surface area contributed by atoms with Crippen LogP contribution >= 0.6 is 0 Å². The molecule has 0 saturated carbocycles. The van der Waals surface area contributed by atoms with Gasteiger partial charge in [-0.05, 0) is 46.3 Å². The van der Waals surface area contributed by atoms with Crippen LogP contribution in [0.5, 0.6) is 0 Å². The number of likely N-dealkylation sites (tertiary alicyclic amines) is 1. The van der Waals surface area contributed by atoms with Crippen LogP contribution in [0.4, 0.5) is 0 Å². The number of nitrogens with zero attached hydrogens (tertiary/aromatic N) is 2. The fraction of sp³-hybridized carbons (Fsp3) is 1.00. The second-order valence-electron chi connectivity index (χ2n) is 5.62. The van der Waals surface area contributed by atoms with Crippen molar-refractivity contribution in [2.45, 2.75) is 44.4 Å². The standard InChI is InChI=1S/C13H29N3O2S/c1-5-8-14-10-12(2)19(17,18)16(4)11-13-7-6-9-15(13)3/h12-14H,5-11H2,1-4H3. The Balaban J connectivity index is 2.50. The highest BCUT2D eigenvalue weighted by Gasteiger charge is 2.30. The Morgan fingerprint density at radius 2 is 2.16 bits per heavy atom. The molecule has 0 spiro atoms. The van der Waals surface area contributed by atoms with Crippen molar-refractivity contribution in [2.24, 2.45) is 0 Å². The van der Waals surface area contributed by atoms with Crippen molar-refractivity contribution in [3.05, 3.63) is 0 Å². The Hall–Kier alpha value is -0.170. The lowest BCUT2D eigenvalue weighted by atomic mass is 10.2. The minimum Gasteiger partial charge on any atom is -0.315 e. The van der Waals surface area contributed by atoms with Crippen LogP contribution in [0.2, 0.25) is 0 Å². The average molecular weight is 291 g/mol. The summed E-state index contributed by atoms with van der Waals surface area (Å²) in [7, 11) is 0.594. The molecular formula is C13H29N3O2S. The molecule has 6 heteroatoms. The number of sulfonamides is 1. The molecule has 1 aliphatic rings. The smallest absolute Gasteiger partial charge is 0.217 e. The summed E-state index contributed by atoms with van der Waals surface area (Å²) in [5.74, 6) is 0. The van der Waals surface area contributed by atoms with Crippen LogP contribution in [0, 0.1) is 0 Å². The molecule has 0 aromatic carbocycles. The lowest BCUT2D eigenvalue weighted by Gasteiger charge is -2.27. The summed E-state index contributed by atoms with van der Waals surface area (Å²) >= 11 is 0. The monoisotopic (exact) mass is 291 g/mol. The normalized spacial score (nSPS) is 23.1. The van der Waals surface area contributed by atoms with E-state index in [1.165, 1.54) is 10.7 Å². The van der Waals surface area contributed by atoms with E-state index in [4.69, 9.17) is 0 Å². The highest BCUT2D eigenvalue weighted by atomic mass is 32.2. The molecule has 2 atom stereocenters. The van der Waals surface area contributed by atoms with Gasteiger partial charge >= 0.3 is 0 Å².